The van der Waals surface area contributed by atoms with Crippen LogP contribution in [-0.4, -0.2) is 68.5 Å². The van der Waals surface area contributed by atoms with Crippen molar-refractivity contribution >= 4 is 13.7 Å². The highest BCUT2D eigenvalue weighted by Crippen LogP contribution is 2.38. The summed E-state index contributed by atoms with van der Waals surface area (Å²) in [6, 6.07) is -0.888. The van der Waals surface area contributed by atoms with Gasteiger partial charge in [0.05, 0.1) is 39.9 Å². The van der Waals surface area contributed by atoms with E-state index in [1.807, 2.05) is 27.2 Å². The van der Waals surface area contributed by atoms with E-state index in [1.54, 1.807) is 6.08 Å². The van der Waals surface area contributed by atoms with Gasteiger partial charge in [-0.05, 0) is 64.2 Å². The van der Waals surface area contributed by atoms with Crippen molar-refractivity contribution in [1.29, 1.82) is 0 Å². The van der Waals surface area contributed by atoms with Crippen LogP contribution in [0.25, 0.3) is 0 Å². The average molecular weight is 1140 g/mol. The largest absolute Gasteiger partial charge is 0.756 e. The summed E-state index contributed by atoms with van der Waals surface area (Å²) in [5.41, 5.74) is 0. The standard InChI is InChI=1S/C71H133N2O6P/c1-6-8-10-12-14-16-18-20-22-24-26-28-29-30-31-32-33-34-35-36-37-38-39-40-41-42-43-45-47-49-51-53-55-57-59-61-63-65-71(75)72-69(68-79-80(76,77)78-67-66-73(3,4)5)70(74)64-62-60-58-56-54-52-50-48-46-44-27-25-23-21-19-17-15-13-11-9-7-2/h8,10,14,16,20,22,26,28,30-31,62,64,69-70,74H,6-7,9,11-13,15,17-19,21,23-25,27,29,32-61,63,65-68H2,1-5H3,(H-,72,75,76,77)/b10-8-,16-14-,22-20-,28-26-,31-30-,64-62+. The molecule has 0 fully saturated rings. The van der Waals surface area contributed by atoms with Crippen LogP contribution in [0.1, 0.15) is 322 Å². The molecular formula is C71H133N2O6P. The van der Waals surface area contributed by atoms with E-state index in [2.05, 4.69) is 79.9 Å². The van der Waals surface area contributed by atoms with E-state index in [1.165, 1.54) is 231 Å². The van der Waals surface area contributed by atoms with Crippen LogP contribution >= 0.6 is 7.82 Å². The second-order valence-corrected chi connectivity index (χ2v) is 25.9. The van der Waals surface area contributed by atoms with E-state index < -0.39 is 20.0 Å². The number of unbranched alkanes of at least 4 members (excludes halogenated alkanes) is 40. The summed E-state index contributed by atoms with van der Waals surface area (Å²) < 4.78 is 23.4. The number of hydrogen-bond acceptors (Lipinski definition) is 6. The number of hydrogen-bond donors (Lipinski definition) is 2. The van der Waals surface area contributed by atoms with Crippen LogP contribution in [0, 0.1) is 0 Å². The fraction of sp³-hybridized carbons (Fsp3) is 0.817. The molecule has 2 N–H and O–H groups in total. The van der Waals surface area contributed by atoms with Gasteiger partial charge in [-0.3, -0.25) is 9.36 Å². The molecule has 468 valence electrons. The Bertz CT molecular complexity index is 1530. The van der Waals surface area contributed by atoms with Crippen LogP contribution in [0.15, 0.2) is 72.9 Å². The number of allylic oxidation sites excluding steroid dienone is 11. The number of aliphatic hydroxyl groups excluding tert-OH is 1. The lowest BCUT2D eigenvalue weighted by Crippen LogP contribution is -2.45. The SMILES string of the molecule is CC/C=C\C/C=C\C/C=C\C/C=C\C/C=C\CCCCCCCCCCCCCCCCCCCCCCCC(=O)NC(COP(=O)([O-])OCC[N+](C)(C)C)C(O)/C=C/CCCCCCCCCCCCCCCCCCCCC. The first-order valence-electron chi connectivity index (χ1n) is 34.3. The van der Waals surface area contributed by atoms with E-state index >= 15 is 0 Å². The molecule has 3 unspecified atom stereocenters. The highest BCUT2D eigenvalue weighted by atomic mass is 31.2. The number of nitrogens with one attached hydrogen (secondary N) is 1. The fourth-order valence-electron chi connectivity index (χ4n) is 10.1. The maximum absolute atomic E-state index is 13.0. The minimum absolute atomic E-state index is 0.000554. The van der Waals surface area contributed by atoms with Crippen LogP contribution in [-0.2, 0) is 18.4 Å². The molecule has 0 aliphatic carbocycles. The van der Waals surface area contributed by atoms with E-state index in [-0.39, 0.29) is 19.1 Å². The topological polar surface area (TPSA) is 108 Å². The Labute approximate surface area is 497 Å². The van der Waals surface area contributed by atoms with Crippen molar-refractivity contribution in [2.24, 2.45) is 0 Å². The zero-order chi connectivity index (χ0) is 58.4. The Balaban J connectivity index is 4.00. The van der Waals surface area contributed by atoms with Crippen LogP contribution in [0.4, 0.5) is 0 Å². The van der Waals surface area contributed by atoms with Crippen molar-refractivity contribution in [3.8, 4) is 0 Å². The Kier molecular flexibility index (Phi) is 59.9. The minimum Gasteiger partial charge on any atom is -0.756 e. The summed E-state index contributed by atoms with van der Waals surface area (Å²) in [7, 11) is 1.27. The molecule has 0 rings (SSSR count). The molecular weight excluding hydrogens is 1010 g/mol. The summed E-state index contributed by atoms with van der Waals surface area (Å²) in [6.45, 7) is 4.58. The molecule has 0 saturated carbocycles. The van der Waals surface area contributed by atoms with Crippen molar-refractivity contribution in [1.82, 2.24) is 5.32 Å². The average Bonchev–Trinajstić information content (AvgIpc) is 3.42. The van der Waals surface area contributed by atoms with Gasteiger partial charge in [0.1, 0.15) is 13.2 Å². The molecule has 0 bridgehead atoms. The normalized spacial score (nSPS) is 14.1. The molecule has 0 aromatic heterocycles. The summed E-state index contributed by atoms with van der Waals surface area (Å²) in [5, 5.41) is 14.0. The van der Waals surface area contributed by atoms with Gasteiger partial charge < -0.3 is 28.8 Å². The number of phosphoric acid groups is 1. The van der Waals surface area contributed by atoms with Crippen LogP contribution < -0.4 is 10.2 Å². The number of aliphatic hydroxyl groups is 1. The molecule has 0 radical (unpaired) electrons. The maximum atomic E-state index is 13.0. The Morgan fingerprint density at radius 1 is 0.450 bits per heavy atom. The molecule has 80 heavy (non-hydrogen) atoms. The number of quaternary nitrogens is 1. The Morgan fingerprint density at radius 3 is 1.11 bits per heavy atom. The third kappa shape index (κ3) is 63.5. The van der Waals surface area contributed by atoms with Crippen molar-refractivity contribution in [2.45, 2.75) is 334 Å². The molecule has 8 nitrogen and oxygen atoms in total. The molecule has 0 aromatic carbocycles. The molecule has 0 saturated heterocycles. The lowest BCUT2D eigenvalue weighted by molar-refractivity contribution is -0.870. The van der Waals surface area contributed by atoms with Crippen molar-refractivity contribution < 1.29 is 32.9 Å². The zero-order valence-electron chi connectivity index (χ0n) is 53.5. The first-order valence-corrected chi connectivity index (χ1v) is 35.8. The molecule has 0 aromatic rings. The highest BCUT2D eigenvalue weighted by molar-refractivity contribution is 7.45. The number of rotatable bonds is 63. The summed E-state index contributed by atoms with van der Waals surface area (Å²) in [6.07, 6.45) is 85.9. The summed E-state index contributed by atoms with van der Waals surface area (Å²) in [4.78, 5) is 25.6. The number of carbonyl (C=O) groups excluding carboxylic acids is 1. The quantitative estimate of drug-likeness (QED) is 0.0272. The van der Waals surface area contributed by atoms with Gasteiger partial charge in [0.15, 0.2) is 0 Å². The lowest BCUT2D eigenvalue weighted by atomic mass is 10.0. The van der Waals surface area contributed by atoms with Crippen LogP contribution in [0.2, 0.25) is 0 Å². The van der Waals surface area contributed by atoms with Gasteiger partial charge in [0, 0.05) is 6.42 Å². The molecule has 0 heterocycles. The van der Waals surface area contributed by atoms with Gasteiger partial charge in [-0.15, -0.1) is 0 Å². The predicted molar refractivity (Wildman–Crippen MR) is 348 cm³/mol. The van der Waals surface area contributed by atoms with Crippen molar-refractivity contribution in [2.75, 3.05) is 40.9 Å². The second-order valence-electron chi connectivity index (χ2n) is 24.5. The lowest BCUT2D eigenvalue weighted by Gasteiger charge is -2.29. The first-order chi connectivity index (χ1) is 39.0. The third-order valence-electron chi connectivity index (χ3n) is 15.4. The number of phosphoric ester groups is 1. The molecule has 1 amide bonds. The van der Waals surface area contributed by atoms with Gasteiger partial charge in [-0.1, -0.05) is 324 Å². The first kappa shape index (κ1) is 77.9. The smallest absolute Gasteiger partial charge is 0.268 e. The number of likely N-dealkylation sites (N-methyl/N-ethyl adjacent to an activating group) is 1. The van der Waals surface area contributed by atoms with E-state index in [4.69, 9.17) is 9.05 Å². The van der Waals surface area contributed by atoms with E-state index in [0.29, 0.717) is 17.4 Å². The molecule has 9 heteroatoms. The van der Waals surface area contributed by atoms with Crippen molar-refractivity contribution in [3.63, 3.8) is 0 Å². The van der Waals surface area contributed by atoms with Gasteiger partial charge in [-0.2, -0.15) is 0 Å². The van der Waals surface area contributed by atoms with E-state index in [0.717, 1.165) is 70.6 Å². The number of nitrogens with zero attached hydrogens (tertiary/aromatic N) is 1. The van der Waals surface area contributed by atoms with Crippen LogP contribution in [0.3, 0.4) is 0 Å². The van der Waals surface area contributed by atoms with Gasteiger partial charge in [0.2, 0.25) is 5.91 Å². The Hall–Kier alpha value is -2.06. The monoisotopic (exact) mass is 1140 g/mol. The van der Waals surface area contributed by atoms with E-state index in [9.17, 15) is 19.4 Å². The second kappa shape index (κ2) is 61.5. The zero-order valence-corrected chi connectivity index (χ0v) is 54.4. The Morgan fingerprint density at radius 2 is 0.762 bits per heavy atom. The van der Waals surface area contributed by atoms with Crippen LogP contribution in [0.5, 0.6) is 0 Å². The molecule has 0 aliphatic rings. The van der Waals surface area contributed by atoms with Gasteiger partial charge in [0.25, 0.3) is 7.82 Å². The highest BCUT2D eigenvalue weighted by Gasteiger charge is 2.23. The molecule has 3 atom stereocenters. The minimum atomic E-state index is -4.60. The number of amides is 1. The molecule has 0 spiro atoms. The van der Waals surface area contributed by atoms with Crippen molar-refractivity contribution in [3.05, 3.63) is 72.9 Å². The predicted octanol–water partition coefficient (Wildman–Crippen LogP) is 21.1. The maximum Gasteiger partial charge on any atom is 0.268 e. The fourth-order valence-corrected chi connectivity index (χ4v) is 10.8. The third-order valence-corrected chi connectivity index (χ3v) is 16.4. The summed E-state index contributed by atoms with van der Waals surface area (Å²) in [5.74, 6) is -0.193. The summed E-state index contributed by atoms with van der Waals surface area (Å²) >= 11 is 0. The van der Waals surface area contributed by atoms with Gasteiger partial charge >= 0.3 is 0 Å². The number of carbonyl (C=O) groups is 1. The molecule has 0 aliphatic heterocycles. The van der Waals surface area contributed by atoms with Gasteiger partial charge in [-0.25, -0.2) is 0 Å².